The number of hydrogen-bond acceptors (Lipinski definition) is 5. The van der Waals surface area contributed by atoms with Gasteiger partial charge in [-0.2, -0.15) is 0 Å². The van der Waals surface area contributed by atoms with Gasteiger partial charge in [-0.1, -0.05) is 19.3 Å². The molecular weight excluding hydrogens is 454 g/mol. The zero-order chi connectivity index (χ0) is 26.5. The van der Waals surface area contributed by atoms with Crippen molar-refractivity contribution in [1.29, 1.82) is 0 Å². The molecule has 37 heavy (non-hydrogen) atoms. The van der Waals surface area contributed by atoms with Crippen molar-refractivity contribution in [3.8, 4) is 0 Å². The highest BCUT2D eigenvalue weighted by Crippen LogP contribution is 2.44. The minimum Gasteiger partial charge on any atom is -0.317 e. The standard InChI is InChI=1S/C12H23N.2C10H20N2/c1-11(2)13-9-8-12(10-13)6-4-3-5-7-12;1-9(2)12-7-4-10(5-8-12)3-6-11-10;1-9(2)12-7-10(8-12)3-5-11-6-4-10/h11H,3-10H2,1-2H3;2*9,11H,3-8H2,1-2H3. The van der Waals surface area contributed by atoms with Gasteiger partial charge in [-0.25, -0.2) is 0 Å². The van der Waals surface area contributed by atoms with Crippen molar-refractivity contribution >= 4 is 0 Å². The summed E-state index contributed by atoms with van der Waals surface area (Å²) < 4.78 is 0. The number of nitrogens with zero attached hydrogens (tertiary/aromatic N) is 3. The SMILES string of the molecule is CC(C)N1CC2(CCNCC2)C1.CC(C)N1CCC2(CCCCC2)C1.CC(C)N1CCC2(CCN2)CC1. The molecule has 0 aromatic heterocycles. The molecule has 3 spiro atoms. The molecule has 0 amide bonds. The van der Waals surface area contributed by atoms with Gasteiger partial charge in [0.15, 0.2) is 0 Å². The maximum absolute atomic E-state index is 3.59. The van der Waals surface area contributed by atoms with Crippen LogP contribution in [-0.4, -0.2) is 97.3 Å². The predicted octanol–water partition coefficient (Wildman–Crippen LogP) is 5.35. The minimum absolute atomic E-state index is 0.575. The van der Waals surface area contributed by atoms with Crippen LogP contribution in [0.1, 0.15) is 112 Å². The molecule has 5 heterocycles. The summed E-state index contributed by atoms with van der Waals surface area (Å²) in [6.07, 6.45) is 15.9. The normalized spacial score (nSPS) is 29.1. The second kappa shape index (κ2) is 13.0. The van der Waals surface area contributed by atoms with Crippen LogP contribution in [0.3, 0.4) is 0 Å². The van der Waals surface area contributed by atoms with Crippen LogP contribution in [0.4, 0.5) is 0 Å². The van der Waals surface area contributed by atoms with Crippen LogP contribution < -0.4 is 10.6 Å². The first-order chi connectivity index (χ1) is 17.7. The van der Waals surface area contributed by atoms with E-state index in [2.05, 4.69) is 66.9 Å². The Hall–Kier alpha value is -0.200. The molecule has 0 radical (unpaired) electrons. The van der Waals surface area contributed by atoms with Gasteiger partial charge >= 0.3 is 0 Å². The molecule has 1 aliphatic carbocycles. The van der Waals surface area contributed by atoms with Crippen molar-refractivity contribution in [2.45, 2.75) is 136 Å². The van der Waals surface area contributed by atoms with E-state index in [4.69, 9.17) is 0 Å². The third-order valence-electron chi connectivity index (χ3n) is 11.2. The highest BCUT2D eigenvalue weighted by molar-refractivity contribution is 5.00. The van der Waals surface area contributed by atoms with Crippen molar-refractivity contribution in [3.05, 3.63) is 0 Å². The summed E-state index contributed by atoms with van der Waals surface area (Å²) in [4.78, 5) is 7.85. The Morgan fingerprint density at radius 3 is 1.46 bits per heavy atom. The number of rotatable bonds is 3. The average molecular weight is 518 g/mol. The lowest BCUT2D eigenvalue weighted by atomic mass is 9.72. The molecule has 6 fully saturated rings. The molecular formula is C32H63N5. The first kappa shape index (κ1) is 29.8. The van der Waals surface area contributed by atoms with Crippen LogP contribution in [0.2, 0.25) is 0 Å². The predicted molar refractivity (Wildman–Crippen MR) is 159 cm³/mol. The first-order valence-corrected chi connectivity index (χ1v) is 16.3. The smallest absolute Gasteiger partial charge is 0.0217 e. The van der Waals surface area contributed by atoms with Crippen molar-refractivity contribution in [2.24, 2.45) is 10.8 Å². The quantitative estimate of drug-likeness (QED) is 0.527. The number of likely N-dealkylation sites (tertiary alicyclic amines) is 3. The second-order valence-electron chi connectivity index (χ2n) is 14.7. The Morgan fingerprint density at radius 1 is 0.486 bits per heavy atom. The molecule has 0 atom stereocenters. The number of nitrogens with one attached hydrogen (secondary N) is 2. The molecule has 0 bridgehead atoms. The van der Waals surface area contributed by atoms with E-state index in [1.165, 1.54) is 130 Å². The monoisotopic (exact) mass is 518 g/mol. The van der Waals surface area contributed by atoms with Crippen molar-refractivity contribution in [2.75, 3.05) is 58.9 Å². The Labute approximate surface area is 230 Å². The van der Waals surface area contributed by atoms with Gasteiger partial charge in [0.1, 0.15) is 0 Å². The van der Waals surface area contributed by atoms with E-state index < -0.39 is 0 Å². The van der Waals surface area contributed by atoms with Gasteiger partial charge in [-0.3, -0.25) is 4.90 Å². The fraction of sp³-hybridized carbons (Fsp3) is 1.00. The average Bonchev–Trinajstić information content (AvgIpc) is 3.26. The molecule has 0 aromatic rings. The van der Waals surface area contributed by atoms with Gasteiger partial charge in [-0.15, -0.1) is 0 Å². The maximum atomic E-state index is 3.59. The summed E-state index contributed by atoms with van der Waals surface area (Å²) in [5, 5.41) is 7.03. The number of piperidine rings is 2. The van der Waals surface area contributed by atoms with Crippen LogP contribution in [0.15, 0.2) is 0 Å². The lowest BCUT2D eigenvalue weighted by Gasteiger charge is -2.54. The first-order valence-electron chi connectivity index (χ1n) is 16.3. The largest absolute Gasteiger partial charge is 0.317 e. The van der Waals surface area contributed by atoms with Gasteiger partial charge in [-0.05, 0) is 130 Å². The molecule has 6 rings (SSSR count). The summed E-state index contributed by atoms with van der Waals surface area (Å²) in [7, 11) is 0. The van der Waals surface area contributed by atoms with Crippen molar-refractivity contribution < 1.29 is 0 Å². The third-order valence-corrected chi connectivity index (χ3v) is 11.2. The zero-order valence-corrected chi connectivity index (χ0v) is 25.7. The van der Waals surface area contributed by atoms with Crippen LogP contribution >= 0.6 is 0 Å². The van der Waals surface area contributed by atoms with Crippen LogP contribution in [-0.2, 0) is 0 Å². The van der Waals surface area contributed by atoms with Crippen LogP contribution in [0, 0.1) is 10.8 Å². The van der Waals surface area contributed by atoms with Gasteiger partial charge in [0.2, 0.25) is 0 Å². The topological polar surface area (TPSA) is 33.8 Å². The number of hydrogen-bond donors (Lipinski definition) is 2. The van der Waals surface area contributed by atoms with E-state index in [1.54, 1.807) is 0 Å². The molecule has 2 N–H and O–H groups in total. The van der Waals surface area contributed by atoms with Gasteiger partial charge in [0.25, 0.3) is 0 Å². The van der Waals surface area contributed by atoms with E-state index >= 15 is 0 Å². The molecule has 216 valence electrons. The van der Waals surface area contributed by atoms with E-state index in [1.807, 2.05) is 0 Å². The van der Waals surface area contributed by atoms with E-state index in [9.17, 15) is 0 Å². The Morgan fingerprint density at radius 2 is 1.00 bits per heavy atom. The Balaban J connectivity index is 0.000000130. The maximum Gasteiger partial charge on any atom is 0.0217 e. The zero-order valence-electron chi connectivity index (χ0n) is 25.7. The molecule has 1 saturated carbocycles. The van der Waals surface area contributed by atoms with Crippen LogP contribution in [0.5, 0.6) is 0 Å². The summed E-state index contributed by atoms with van der Waals surface area (Å²) in [6.45, 7) is 25.7. The molecule has 5 nitrogen and oxygen atoms in total. The lowest BCUT2D eigenvalue weighted by Crippen LogP contribution is -2.62. The molecule has 0 aromatic carbocycles. The lowest BCUT2D eigenvalue weighted by molar-refractivity contribution is -0.0418. The molecule has 6 aliphatic rings. The van der Waals surface area contributed by atoms with Crippen molar-refractivity contribution in [3.63, 3.8) is 0 Å². The summed E-state index contributed by atoms with van der Waals surface area (Å²) in [6, 6.07) is 2.26. The van der Waals surface area contributed by atoms with E-state index in [-0.39, 0.29) is 0 Å². The summed E-state index contributed by atoms with van der Waals surface area (Å²) >= 11 is 0. The second-order valence-corrected chi connectivity index (χ2v) is 14.7. The Kier molecular flexibility index (Phi) is 10.4. The van der Waals surface area contributed by atoms with E-state index in [0.717, 1.165) is 29.0 Å². The van der Waals surface area contributed by atoms with Gasteiger partial charge < -0.3 is 20.4 Å². The van der Waals surface area contributed by atoms with Crippen molar-refractivity contribution in [1.82, 2.24) is 25.3 Å². The molecule has 5 aliphatic heterocycles. The highest BCUT2D eigenvalue weighted by Gasteiger charge is 2.44. The van der Waals surface area contributed by atoms with Gasteiger partial charge in [0.05, 0.1) is 0 Å². The summed E-state index contributed by atoms with van der Waals surface area (Å²) in [5.41, 5.74) is 2.05. The minimum atomic E-state index is 0.575. The highest BCUT2D eigenvalue weighted by atomic mass is 15.2. The Bertz CT molecular complexity index is 655. The fourth-order valence-electron chi connectivity index (χ4n) is 7.95. The molecule has 5 saturated heterocycles. The van der Waals surface area contributed by atoms with Crippen LogP contribution in [0.25, 0.3) is 0 Å². The van der Waals surface area contributed by atoms with E-state index in [0.29, 0.717) is 5.54 Å². The molecule has 5 heteroatoms. The van der Waals surface area contributed by atoms with Gasteiger partial charge in [0, 0.05) is 56.4 Å². The fourth-order valence-corrected chi connectivity index (χ4v) is 7.95. The third kappa shape index (κ3) is 7.72. The molecule has 0 unspecified atom stereocenters. The summed E-state index contributed by atoms with van der Waals surface area (Å²) in [5.74, 6) is 0.